The van der Waals surface area contributed by atoms with Gasteiger partial charge in [0.25, 0.3) is 0 Å². The van der Waals surface area contributed by atoms with Gasteiger partial charge in [0.05, 0.1) is 4.47 Å². The first-order valence-corrected chi connectivity index (χ1v) is 6.98. The van der Waals surface area contributed by atoms with E-state index in [1.165, 1.54) is 6.07 Å². The van der Waals surface area contributed by atoms with E-state index in [4.69, 9.17) is 16.0 Å². The van der Waals surface area contributed by atoms with E-state index in [2.05, 4.69) is 20.9 Å². The molecule has 0 atom stereocenters. The largest absolute Gasteiger partial charge is 0.437 e. The normalized spacial score (nSPS) is 11.6. The number of nitrogens with zero attached hydrogens (tertiary/aromatic N) is 1. The van der Waals surface area contributed by atoms with E-state index in [-0.39, 0.29) is 5.82 Å². The molecule has 0 N–H and O–H groups in total. The van der Waals surface area contributed by atoms with Crippen LogP contribution in [0.5, 0.6) is 0 Å². The summed E-state index contributed by atoms with van der Waals surface area (Å²) in [7, 11) is 0. The highest BCUT2D eigenvalue weighted by Crippen LogP contribution is 2.22. The molecule has 20 heavy (non-hydrogen) atoms. The second-order valence-corrected chi connectivity index (χ2v) is 5.46. The van der Waals surface area contributed by atoms with Gasteiger partial charge in [0, 0.05) is 11.1 Å². The van der Waals surface area contributed by atoms with E-state index in [0.717, 1.165) is 5.56 Å². The van der Waals surface area contributed by atoms with Gasteiger partial charge in [-0.05, 0) is 57.9 Å². The number of fused-ring (bicyclic) bond motifs is 1. The maximum Gasteiger partial charge on any atom is 0.220 e. The second kappa shape index (κ2) is 5.38. The molecule has 0 saturated carbocycles. The van der Waals surface area contributed by atoms with Gasteiger partial charge in [-0.15, -0.1) is 0 Å². The molecule has 0 aliphatic rings. The maximum absolute atomic E-state index is 13.1. The molecule has 0 saturated heterocycles. The fourth-order valence-electron chi connectivity index (χ4n) is 1.77. The molecule has 3 rings (SSSR count). The molecule has 2 nitrogen and oxygen atoms in total. The van der Waals surface area contributed by atoms with Gasteiger partial charge in [0.15, 0.2) is 5.58 Å². The van der Waals surface area contributed by atoms with Gasteiger partial charge >= 0.3 is 0 Å². The van der Waals surface area contributed by atoms with Crippen LogP contribution in [0.25, 0.3) is 23.3 Å². The standard InChI is InChI=1S/C15H8BrClFNO/c16-11-7-9(1-4-12(11)18)2-6-15-19-13-8-10(17)3-5-14(13)20-15/h1-8H/b6-2+. The van der Waals surface area contributed by atoms with Gasteiger partial charge < -0.3 is 4.42 Å². The van der Waals surface area contributed by atoms with Gasteiger partial charge in [-0.2, -0.15) is 0 Å². The monoisotopic (exact) mass is 351 g/mol. The molecule has 3 aromatic rings. The fraction of sp³-hybridized carbons (Fsp3) is 0. The smallest absolute Gasteiger partial charge is 0.220 e. The maximum atomic E-state index is 13.1. The Hall–Kier alpha value is -1.65. The molecule has 0 aliphatic heterocycles. The summed E-state index contributed by atoms with van der Waals surface area (Å²) in [6.07, 6.45) is 3.53. The van der Waals surface area contributed by atoms with Crippen molar-refractivity contribution in [2.75, 3.05) is 0 Å². The Morgan fingerprint density at radius 3 is 2.80 bits per heavy atom. The minimum atomic E-state index is -0.293. The van der Waals surface area contributed by atoms with E-state index >= 15 is 0 Å². The number of benzene rings is 2. The summed E-state index contributed by atoms with van der Waals surface area (Å²) in [5.41, 5.74) is 2.23. The van der Waals surface area contributed by atoms with E-state index in [0.29, 0.717) is 26.5 Å². The van der Waals surface area contributed by atoms with Crippen LogP contribution >= 0.6 is 27.5 Å². The van der Waals surface area contributed by atoms with Crippen molar-refractivity contribution >= 4 is 50.8 Å². The molecule has 5 heteroatoms. The van der Waals surface area contributed by atoms with Crippen molar-refractivity contribution < 1.29 is 8.81 Å². The van der Waals surface area contributed by atoms with Gasteiger partial charge in [0.1, 0.15) is 11.3 Å². The molecule has 0 unspecified atom stereocenters. The Labute approximate surface area is 128 Å². The third kappa shape index (κ3) is 2.76. The molecule has 0 spiro atoms. The molecule has 0 aliphatic carbocycles. The van der Waals surface area contributed by atoms with E-state index in [9.17, 15) is 4.39 Å². The number of rotatable bonds is 2. The predicted molar refractivity (Wildman–Crippen MR) is 82.0 cm³/mol. The Kier molecular flexibility index (Phi) is 3.59. The van der Waals surface area contributed by atoms with Crippen molar-refractivity contribution in [1.82, 2.24) is 4.98 Å². The van der Waals surface area contributed by atoms with Crippen molar-refractivity contribution in [3.63, 3.8) is 0 Å². The number of hydrogen-bond donors (Lipinski definition) is 0. The van der Waals surface area contributed by atoms with Crippen LogP contribution in [-0.4, -0.2) is 4.98 Å². The first kappa shape index (κ1) is 13.3. The first-order chi connectivity index (χ1) is 9.61. The predicted octanol–water partition coefficient (Wildman–Crippen LogP) is 5.55. The van der Waals surface area contributed by atoms with Crippen LogP contribution in [0, 0.1) is 5.82 Å². The van der Waals surface area contributed by atoms with Crippen molar-refractivity contribution in [2.24, 2.45) is 0 Å². The van der Waals surface area contributed by atoms with Gasteiger partial charge in [-0.1, -0.05) is 17.7 Å². The number of oxazole rings is 1. The van der Waals surface area contributed by atoms with Crippen LogP contribution in [0.15, 0.2) is 45.3 Å². The zero-order chi connectivity index (χ0) is 14.1. The Balaban J connectivity index is 1.91. The van der Waals surface area contributed by atoms with Crippen molar-refractivity contribution in [2.45, 2.75) is 0 Å². The van der Waals surface area contributed by atoms with Crippen LogP contribution < -0.4 is 0 Å². The van der Waals surface area contributed by atoms with Crippen LogP contribution in [0.4, 0.5) is 4.39 Å². The first-order valence-electron chi connectivity index (χ1n) is 5.81. The highest BCUT2D eigenvalue weighted by molar-refractivity contribution is 9.10. The molecular weight excluding hydrogens is 345 g/mol. The summed E-state index contributed by atoms with van der Waals surface area (Å²) in [6, 6.07) is 10.0. The quantitative estimate of drug-likeness (QED) is 0.604. The molecule has 1 heterocycles. The van der Waals surface area contributed by atoms with Crippen molar-refractivity contribution in [1.29, 1.82) is 0 Å². The third-order valence-electron chi connectivity index (χ3n) is 2.73. The molecule has 0 amide bonds. The topological polar surface area (TPSA) is 26.0 Å². The van der Waals surface area contributed by atoms with Crippen LogP contribution in [-0.2, 0) is 0 Å². The minimum Gasteiger partial charge on any atom is -0.437 e. The highest BCUT2D eigenvalue weighted by Gasteiger charge is 2.03. The van der Waals surface area contributed by atoms with Gasteiger partial charge in [-0.25, -0.2) is 9.37 Å². The lowest BCUT2D eigenvalue weighted by molar-refractivity contribution is 0.590. The van der Waals surface area contributed by atoms with E-state index < -0.39 is 0 Å². The zero-order valence-electron chi connectivity index (χ0n) is 10.1. The Morgan fingerprint density at radius 1 is 1.15 bits per heavy atom. The molecule has 0 bridgehead atoms. The highest BCUT2D eigenvalue weighted by atomic mass is 79.9. The molecule has 2 aromatic carbocycles. The van der Waals surface area contributed by atoms with Crippen LogP contribution in [0.2, 0.25) is 5.02 Å². The Bertz CT molecular complexity index is 813. The average Bonchev–Trinajstić information content (AvgIpc) is 2.82. The van der Waals surface area contributed by atoms with Gasteiger partial charge in [-0.3, -0.25) is 0 Å². The number of hydrogen-bond acceptors (Lipinski definition) is 2. The van der Waals surface area contributed by atoms with E-state index in [1.54, 1.807) is 42.5 Å². The number of aromatic nitrogens is 1. The Morgan fingerprint density at radius 2 is 2.00 bits per heavy atom. The van der Waals surface area contributed by atoms with Crippen molar-refractivity contribution in [3.8, 4) is 0 Å². The van der Waals surface area contributed by atoms with Gasteiger partial charge in [0.2, 0.25) is 5.89 Å². The average molecular weight is 353 g/mol. The van der Waals surface area contributed by atoms with Crippen LogP contribution in [0.3, 0.4) is 0 Å². The lowest BCUT2D eigenvalue weighted by Crippen LogP contribution is -1.78. The molecule has 0 fully saturated rings. The third-order valence-corrected chi connectivity index (χ3v) is 3.57. The summed E-state index contributed by atoms with van der Waals surface area (Å²) in [5.74, 6) is 0.182. The summed E-state index contributed by atoms with van der Waals surface area (Å²) in [5, 5.41) is 0.615. The van der Waals surface area contributed by atoms with Crippen LogP contribution in [0.1, 0.15) is 11.5 Å². The fourth-order valence-corrected chi connectivity index (χ4v) is 2.34. The molecule has 1 aromatic heterocycles. The summed E-state index contributed by atoms with van der Waals surface area (Å²) < 4.78 is 19.1. The lowest BCUT2D eigenvalue weighted by atomic mass is 10.2. The summed E-state index contributed by atoms with van der Waals surface area (Å²) >= 11 is 9.04. The second-order valence-electron chi connectivity index (χ2n) is 4.17. The zero-order valence-corrected chi connectivity index (χ0v) is 12.5. The number of halogens is 3. The lowest BCUT2D eigenvalue weighted by Gasteiger charge is -1.95. The molecule has 0 radical (unpaired) electrons. The van der Waals surface area contributed by atoms with Crippen molar-refractivity contribution in [3.05, 3.63) is 63.2 Å². The summed E-state index contributed by atoms with van der Waals surface area (Å²) in [6.45, 7) is 0. The molecular formula is C15H8BrClFNO. The molecule has 100 valence electrons. The SMILES string of the molecule is Fc1ccc(/C=C/c2nc3cc(Cl)ccc3o2)cc1Br. The minimum absolute atomic E-state index is 0.293. The van der Waals surface area contributed by atoms with E-state index in [1.807, 2.05) is 0 Å². The summed E-state index contributed by atoms with van der Waals surface area (Å²) in [4.78, 5) is 4.30.